The van der Waals surface area contributed by atoms with Crippen molar-refractivity contribution < 1.29 is 22.7 Å². The van der Waals surface area contributed by atoms with E-state index >= 15 is 0 Å². The van der Waals surface area contributed by atoms with Crippen LogP contribution >= 0.6 is 23.2 Å². The minimum atomic E-state index is -3.05. The van der Waals surface area contributed by atoms with Crippen molar-refractivity contribution in [2.45, 2.75) is 25.9 Å². The average Bonchev–Trinajstić information content (AvgIpc) is 2.76. The molecule has 0 bridgehead atoms. The Hall–Kier alpha value is -1.31. The highest BCUT2D eigenvalue weighted by atomic mass is 35.5. The monoisotopic (exact) mass is 393 g/mol. The van der Waals surface area contributed by atoms with E-state index in [1.54, 1.807) is 0 Å². The van der Waals surface area contributed by atoms with E-state index in [1.807, 2.05) is 0 Å². The molecule has 1 aromatic rings. The number of halogens is 2. The minimum Gasteiger partial charge on any atom is -0.453 e. The summed E-state index contributed by atoms with van der Waals surface area (Å²) in [7, 11) is -3.05. The highest BCUT2D eigenvalue weighted by molar-refractivity contribution is 7.91. The number of rotatable bonds is 5. The molecule has 0 spiro atoms. The van der Waals surface area contributed by atoms with Gasteiger partial charge in [0.25, 0.3) is 5.91 Å². The molecule has 9 heteroatoms. The largest absolute Gasteiger partial charge is 0.453 e. The van der Waals surface area contributed by atoms with Crippen molar-refractivity contribution in [1.82, 2.24) is 0 Å². The first-order valence-corrected chi connectivity index (χ1v) is 9.89. The summed E-state index contributed by atoms with van der Waals surface area (Å²) in [6, 6.07) is 4.56. The summed E-state index contributed by atoms with van der Waals surface area (Å²) in [5.74, 6) is -1.28. The van der Waals surface area contributed by atoms with Gasteiger partial charge < -0.3 is 10.1 Å². The van der Waals surface area contributed by atoms with Crippen LogP contribution in [0.3, 0.4) is 0 Å². The number of benzene rings is 1. The molecule has 1 aromatic carbocycles. The Balaban J connectivity index is 1.85. The Kier molecular flexibility index (Phi) is 6.11. The van der Waals surface area contributed by atoms with E-state index in [2.05, 4.69) is 5.32 Å². The third-order valence-corrected chi connectivity index (χ3v) is 5.86. The van der Waals surface area contributed by atoms with Gasteiger partial charge in [0.1, 0.15) is 0 Å². The molecule has 0 aromatic heterocycles. The van der Waals surface area contributed by atoms with Gasteiger partial charge in [-0.25, -0.2) is 8.42 Å². The first kappa shape index (κ1) is 19.0. The van der Waals surface area contributed by atoms with Gasteiger partial charge in [-0.05, 0) is 37.5 Å². The van der Waals surface area contributed by atoms with Gasteiger partial charge >= 0.3 is 5.97 Å². The predicted molar refractivity (Wildman–Crippen MR) is 92.0 cm³/mol. The fourth-order valence-corrected chi connectivity index (χ4v) is 4.83. The van der Waals surface area contributed by atoms with Crippen LogP contribution in [0.4, 0.5) is 5.69 Å². The summed E-state index contributed by atoms with van der Waals surface area (Å²) >= 11 is 11.7. The number of carbonyl (C=O) groups is 2. The van der Waals surface area contributed by atoms with Crippen molar-refractivity contribution in [2.75, 3.05) is 16.8 Å². The Morgan fingerprint density at radius 3 is 2.46 bits per heavy atom. The molecule has 6 nitrogen and oxygen atoms in total. The van der Waals surface area contributed by atoms with Crippen LogP contribution in [0, 0.1) is 5.92 Å². The van der Waals surface area contributed by atoms with Crippen molar-refractivity contribution in [1.29, 1.82) is 0 Å². The molecule has 24 heavy (non-hydrogen) atoms. The molecule has 1 fully saturated rings. The Morgan fingerprint density at radius 1 is 1.29 bits per heavy atom. The number of esters is 1. The quantitative estimate of drug-likeness (QED) is 0.776. The van der Waals surface area contributed by atoms with Crippen LogP contribution in [0.15, 0.2) is 18.2 Å². The maximum absolute atomic E-state index is 12.0. The lowest BCUT2D eigenvalue weighted by Gasteiger charge is -2.15. The first-order chi connectivity index (χ1) is 11.1. The molecule has 1 aliphatic heterocycles. The lowest BCUT2D eigenvalue weighted by atomic mass is 10.1. The molecule has 1 heterocycles. The summed E-state index contributed by atoms with van der Waals surface area (Å²) < 4.78 is 27.8. The van der Waals surface area contributed by atoms with Gasteiger partial charge in [-0.2, -0.15) is 0 Å². The Labute approximate surface area is 150 Å². The van der Waals surface area contributed by atoms with Gasteiger partial charge in [-0.15, -0.1) is 0 Å². The number of hydrogen-bond donors (Lipinski definition) is 1. The highest BCUT2D eigenvalue weighted by Crippen LogP contribution is 2.24. The second-order valence-electron chi connectivity index (χ2n) is 5.75. The second-order valence-corrected chi connectivity index (χ2v) is 8.85. The molecule has 0 saturated carbocycles. The number of nitrogens with one attached hydrogen (secondary N) is 1. The van der Waals surface area contributed by atoms with Gasteiger partial charge in [-0.3, -0.25) is 9.59 Å². The van der Waals surface area contributed by atoms with Crippen LogP contribution in [0.25, 0.3) is 0 Å². The van der Waals surface area contributed by atoms with Crippen LogP contribution in [0.2, 0.25) is 10.0 Å². The van der Waals surface area contributed by atoms with Crippen LogP contribution < -0.4 is 5.32 Å². The summed E-state index contributed by atoms with van der Waals surface area (Å²) in [5, 5.41) is 3.29. The molecule has 0 unspecified atom stereocenters. The normalized spacial score (nSPS) is 20.4. The van der Waals surface area contributed by atoms with Crippen molar-refractivity contribution in [2.24, 2.45) is 5.92 Å². The van der Waals surface area contributed by atoms with Crippen molar-refractivity contribution in [3.8, 4) is 0 Å². The third kappa shape index (κ3) is 5.65. The maximum Gasteiger partial charge on any atom is 0.306 e. The zero-order chi connectivity index (χ0) is 17.9. The van der Waals surface area contributed by atoms with E-state index in [1.165, 1.54) is 25.1 Å². The predicted octanol–water partition coefficient (Wildman–Crippen LogP) is 2.69. The summed E-state index contributed by atoms with van der Waals surface area (Å²) in [5.41, 5.74) is 0.391. The molecule has 2 atom stereocenters. The molecule has 1 aliphatic rings. The molecular weight excluding hydrogens is 377 g/mol. The van der Waals surface area contributed by atoms with E-state index in [9.17, 15) is 18.0 Å². The molecule has 1 saturated heterocycles. The average molecular weight is 394 g/mol. The molecule has 132 valence electrons. The molecule has 1 N–H and O–H groups in total. The standard InChI is InChI=1S/C15H17Cl2NO5S/c1-9(15(20)18-13-6-11(16)5-12(17)7-13)23-14(19)4-10-2-3-24(21,22)8-10/h5-7,9-10H,2-4,8H2,1H3,(H,18,20)/t9-,10+/m1/s1. The molecule has 1 amide bonds. The topological polar surface area (TPSA) is 89.5 Å². The SMILES string of the molecule is C[C@@H](OC(=O)C[C@@H]1CCS(=O)(=O)C1)C(=O)Nc1cc(Cl)cc(Cl)c1. The van der Waals surface area contributed by atoms with Gasteiger partial charge in [0, 0.05) is 22.2 Å². The Morgan fingerprint density at radius 2 is 1.92 bits per heavy atom. The van der Waals surface area contributed by atoms with Gasteiger partial charge in [0.15, 0.2) is 15.9 Å². The number of carbonyl (C=O) groups excluding carboxylic acids is 2. The zero-order valence-electron chi connectivity index (χ0n) is 12.9. The lowest BCUT2D eigenvalue weighted by molar-refractivity contribution is -0.153. The fraction of sp³-hybridized carbons (Fsp3) is 0.467. The van der Waals surface area contributed by atoms with E-state index in [0.717, 1.165) is 0 Å². The fourth-order valence-electron chi connectivity index (χ4n) is 2.44. The van der Waals surface area contributed by atoms with Crippen LogP contribution in [-0.4, -0.2) is 37.9 Å². The number of sulfone groups is 1. The smallest absolute Gasteiger partial charge is 0.306 e. The first-order valence-electron chi connectivity index (χ1n) is 7.31. The van der Waals surface area contributed by atoms with Crippen LogP contribution in [-0.2, 0) is 24.2 Å². The van der Waals surface area contributed by atoms with E-state index in [-0.39, 0.29) is 23.8 Å². The van der Waals surface area contributed by atoms with Gasteiger partial charge in [0.2, 0.25) is 0 Å². The third-order valence-electron chi connectivity index (χ3n) is 3.59. The van der Waals surface area contributed by atoms with E-state index < -0.39 is 27.8 Å². The Bertz CT molecular complexity index is 730. The molecule has 0 aliphatic carbocycles. The van der Waals surface area contributed by atoms with Crippen LogP contribution in [0.1, 0.15) is 19.8 Å². The van der Waals surface area contributed by atoms with E-state index in [4.69, 9.17) is 27.9 Å². The van der Waals surface area contributed by atoms with Crippen molar-refractivity contribution >= 4 is 50.6 Å². The van der Waals surface area contributed by atoms with Crippen LogP contribution in [0.5, 0.6) is 0 Å². The lowest BCUT2D eigenvalue weighted by Crippen LogP contribution is -2.30. The molecular formula is C15H17Cl2NO5S. The minimum absolute atomic E-state index is 0.0102. The number of amides is 1. The summed E-state index contributed by atoms with van der Waals surface area (Å²) in [6.07, 6.45) is -0.591. The molecule has 2 rings (SSSR count). The van der Waals surface area contributed by atoms with Crippen molar-refractivity contribution in [3.05, 3.63) is 28.2 Å². The zero-order valence-corrected chi connectivity index (χ0v) is 15.2. The molecule has 0 radical (unpaired) electrons. The maximum atomic E-state index is 12.0. The van der Waals surface area contributed by atoms with Gasteiger partial charge in [0.05, 0.1) is 11.5 Å². The number of ether oxygens (including phenoxy) is 1. The highest BCUT2D eigenvalue weighted by Gasteiger charge is 2.30. The number of hydrogen-bond acceptors (Lipinski definition) is 5. The van der Waals surface area contributed by atoms with Crippen molar-refractivity contribution in [3.63, 3.8) is 0 Å². The van der Waals surface area contributed by atoms with E-state index in [0.29, 0.717) is 22.2 Å². The second kappa shape index (κ2) is 7.72. The summed E-state index contributed by atoms with van der Waals surface area (Å²) in [4.78, 5) is 23.9. The summed E-state index contributed by atoms with van der Waals surface area (Å²) in [6.45, 7) is 1.44. The van der Waals surface area contributed by atoms with Gasteiger partial charge in [-0.1, -0.05) is 23.2 Å². The number of anilines is 1.